The largest absolute Gasteiger partial charge is 0.435 e. The molecule has 0 aliphatic heterocycles. The lowest BCUT2D eigenvalue weighted by atomic mass is 10.2. The second-order valence-electron chi connectivity index (χ2n) is 6.12. The second-order valence-corrected chi connectivity index (χ2v) is 6.12. The van der Waals surface area contributed by atoms with Gasteiger partial charge in [0, 0.05) is 0 Å². The van der Waals surface area contributed by atoms with Crippen molar-refractivity contribution in [3.8, 4) is 11.8 Å². The van der Waals surface area contributed by atoms with E-state index in [4.69, 9.17) is 5.26 Å². The SMILES string of the molecule is Cc1cccc(-n2nc(C(F)(F)F)cc2CNC(=O)Nc2ccc(C#N)nc2)c1. The summed E-state index contributed by atoms with van der Waals surface area (Å²) in [6, 6.07) is 11.9. The summed E-state index contributed by atoms with van der Waals surface area (Å²) in [5.41, 5.74) is 0.955. The van der Waals surface area contributed by atoms with Crippen molar-refractivity contribution in [1.29, 1.82) is 5.26 Å². The monoisotopic (exact) mass is 400 g/mol. The van der Waals surface area contributed by atoms with Crippen LogP contribution in [0.1, 0.15) is 22.6 Å². The van der Waals surface area contributed by atoms with Crippen molar-refractivity contribution in [2.24, 2.45) is 0 Å². The molecule has 0 fully saturated rings. The Bertz CT molecular complexity index is 1070. The Morgan fingerprint density at radius 1 is 1.24 bits per heavy atom. The van der Waals surface area contributed by atoms with Crippen LogP contribution >= 0.6 is 0 Å². The van der Waals surface area contributed by atoms with Gasteiger partial charge in [0.2, 0.25) is 0 Å². The van der Waals surface area contributed by atoms with E-state index in [-0.39, 0.29) is 17.9 Å². The van der Waals surface area contributed by atoms with Crippen LogP contribution in [0.4, 0.5) is 23.7 Å². The van der Waals surface area contributed by atoms with Gasteiger partial charge in [0.1, 0.15) is 11.8 Å². The smallest absolute Gasteiger partial charge is 0.332 e. The van der Waals surface area contributed by atoms with E-state index in [1.807, 2.05) is 19.1 Å². The van der Waals surface area contributed by atoms with Crippen LogP contribution in [0.3, 0.4) is 0 Å². The summed E-state index contributed by atoms with van der Waals surface area (Å²) in [6.45, 7) is 1.63. The summed E-state index contributed by atoms with van der Waals surface area (Å²) in [5, 5.41) is 17.4. The van der Waals surface area contributed by atoms with Crippen molar-refractivity contribution in [2.45, 2.75) is 19.6 Å². The third-order valence-electron chi connectivity index (χ3n) is 3.89. The zero-order valence-electron chi connectivity index (χ0n) is 15.2. The summed E-state index contributed by atoms with van der Waals surface area (Å²) < 4.78 is 40.5. The van der Waals surface area contributed by atoms with Crippen molar-refractivity contribution < 1.29 is 18.0 Å². The number of alkyl halides is 3. The molecule has 3 aromatic rings. The lowest BCUT2D eigenvalue weighted by molar-refractivity contribution is -0.141. The summed E-state index contributed by atoms with van der Waals surface area (Å²) in [6.07, 6.45) is -3.31. The van der Waals surface area contributed by atoms with Crippen LogP contribution in [-0.4, -0.2) is 20.8 Å². The van der Waals surface area contributed by atoms with Crippen LogP contribution in [0, 0.1) is 18.3 Å². The van der Waals surface area contributed by atoms with Crippen LogP contribution in [-0.2, 0) is 12.7 Å². The number of aromatic nitrogens is 3. The van der Waals surface area contributed by atoms with E-state index in [9.17, 15) is 18.0 Å². The molecule has 0 atom stereocenters. The first kappa shape index (κ1) is 19.9. The Kier molecular flexibility index (Phi) is 5.50. The van der Waals surface area contributed by atoms with Gasteiger partial charge in [-0.1, -0.05) is 12.1 Å². The van der Waals surface area contributed by atoms with E-state index in [2.05, 4.69) is 20.7 Å². The fraction of sp³-hybridized carbons (Fsp3) is 0.158. The van der Waals surface area contributed by atoms with E-state index in [0.29, 0.717) is 11.4 Å². The molecule has 2 heterocycles. The average Bonchev–Trinajstić information content (AvgIpc) is 3.12. The van der Waals surface area contributed by atoms with Gasteiger partial charge in [-0.2, -0.15) is 23.5 Å². The maximum absolute atomic E-state index is 13.1. The topological polar surface area (TPSA) is 95.6 Å². The fourth-order valence-electron chi connectivity index (χ4n) is 2.55. The van der Waals surface area contributed by atoms with Gasteiger partial charge in [-0.15, -0.1) is 0 Å². The van der Waals surface area contributed by atoms with Crippen LogP contribution < -0.4 is 10.6 Å². The van der Waals surface area contributed by atoms with Crippen molar-refractivity contribution in [1.82, 2.24) is 20.1 Å². The molecule has 0 radical (unpaired) electrons. The number of amides is 2. The molecule has 0 aliphatic rings. The van der Waals surface area contributed by atoms with Gasteiger partial charge in [0.05, 0.1) is 29.8 Å². The number of pyridine rings is 1. The summed E-state index contributed by atoms with van der Waals surface area (Å²) >= 11 is 0. The number of rotatable bonds is 4. The van der Waals surface area contributed by atoms with Gasteiger partial charge >= 0.3 is 12.2 Å². The van der Waals surface area contributed by atoms with E-state index in [1.54, 1.807) is 18.2 Å². The number of nitriles is 1. The highest BCUT2D eigenvalue weighted by Gasteiger charge is 2.35. The van der Waals surface area contributed by atoms with Gasteiger partial charge in [0.15, 0.2) is 5.69 Å². The molecule has 0 spiro atoms. The van der Waals surface area contributed by atoms with Crippen LogP contribution in [0.5, 0.6) is 0 Å². The van der Waals surface area contributed by atoms with Gasteiger partial charge in [-0.3, -0.25) is 0 Å². The fourth-order valence-corrected chi connectivity index (χ4v) is 2.55. The predicted molar refractivity (Wildman–Crippen MR) is 98.1 cm³/mol. The lowest BCUT2D eigenvalue weighted by Crippen LogP contribution is -2.29. The number of urea groups is 1. The number of anilines is 1. The molecule has 2 N–H and O–H groups in total. The van der Waals surface area contributed by atoms with Crippen molar-refractivity contribution in [3.05, 3.63) is 71.3 Å². The van der Waals surface area contributed by atoms with Gasteiger partial charge in [-0.25, -0.2) is 14.5 Å². The molecule has 0 saturated heterocycles. The molecule has 1 aromatic carbocycles. The molecule has 10 heteroatoms. The van der Waals surface area contributed by atoms with E-state index in [1.165, 1.54) is 18.3 Å². The molecule has 2 aromatic heterocycles. The number of aryl methyl sites for hydroxylation is 1. The summed E-state index contributed by atoms with van der Waals surface area (Å²) in [7, 11) is 0. The lowest BCUT2D eigenvalue weighted by Gasteiger charge is -2.10. The van der Waals surface area contributed by atoms with Crippen LogP contribution in [0.25, 0.3) is 5.69 Å². The third kappa shape index (κ3) is 4.90. The van der Waals surface area contributed by atoms with Crippen molar-refractivity contribution in [3.63, 3.8) is 0 Å². The zero-order valence-corrected chi connectivity index (χ0v) is 15.2. The minimum Gasteiger partial charge on any atom is -0.332 e. The van der Waals surface area contributed by atoms with Crippen LogP contribution in [0.15, 0.2) is 48.7 Å². The quantitative estimate of drug-likeness (QED) is 0.697. The summed E-state index contributed by atoms with van der Waals surface area (Å²) in [4.78, 5) is 15.9. The summed E-state index contributed by atoms with van der Waals surface area (Å²) in [5.74, 6) is 0. The second kappa shape index (κ2) is 8.02. The Hall–Kier alpha value is -3.87. The van der Waals surface area contributed by atoms with Gasteiger partial charge in [-0.05, 0) is 42.8 Å². The number of hydrogen-bond donors (Lipinski definition) is 2. The minimum atomic E-state index is -4.61. The number of carbonyl (C=O) groups is 1. The van der Waals surface area contributed by atoms with Crippen molar-refractivity contribution in [2.75, 3.05) is 5.32 Å². The molecule has 7 nitrogen and oxygen atoms in total. The number of carbonyl (C=O) groups excluding carboxylic acids is 1. The standard InChI is InChI=1S/C19H15F3N6O/c1-12-3-2-4-15(7-12)28-16(8-17(27-28)19(20,21)22)11-25-18(29)26-14-6-5-13(9-23)24-10-14/h2-8,10H,11H2,1H3,(H2,25,26,29). The Labute approximate surface area is 163 Å². The minimum absolute atomic E-state index is 0.163. The maximum atomic E-state index is 13.1. The number of halogens is 3. The van der Waals surface area contributed by atoms with E-state index in [0.717, 1.165) is 16.3 Å². The van der Waals surface area contributed by atoms with Gasteiger partial charge < -0.3 is 10.6 Å². The number of nitrogens with one attached hydrogen (secondary N) is 2. The Balaban J connectivity index is 1.77. The van der Waals surface area contributed by atoms with E-state index >= 15 is 0 Å². The molecule has 0 saturated carbocycles. The molecule has 2 amide bonds. The highest BCUT2D eigenvalue weighted by atomic mass is 19.4. The number of benzene rings is 1. The molecule has 0 aliphatic carbocycles. The van der Waals surface area contributed by atoms with Crippen molar-refractivity contribution >= 4 is 11.7 Å². The first-order valence-electron chi connectivity index (χ1n) is 8.40. The van der Waals surface area contributed by atoms with Crippen LogP contribution in [0.2, 0.25) is 0 Å². The molecular formula is C19H15F3N6O. The molecular weight excluding hydrogens is 385 g/mol. The Morgan fingerprint density at radius 2 is 2.03 bits per heavy atom. The first-order chi connectivity index (χ1) is 13.8. The molecule has 29 heavy (non-hydrogen) atoms. The first-order valence-corrected chi connectivity index (χ1v) is 8.40. The number of hydrogen-bond acceptors (Lipinski definition) is 4. The molecule has 3 rings (SSSR count). The Morgan fingerprint density at radius 3 is 2.66 bits per heavy atom. The zero-order chi connectivity index (χ0) is 21.0. The molecule has 0 unspecified atom stereocenters. The van der Waals surface area contributed by atoms with E-state index < -0.39 is 17.9 Å². The normalized spacial score (nSPS) is 11.0. The van der Waals surface area contributed by atoms with Gasteiger partial charge in [0.25, 0.3) is 0 Å². The highest BCUT2D eigenvalue weighted by molar-refractivity contribution is 5.88. The maximum Gasteiger partial charge on any atom is 0.435 e. The predicted octanol–water partition coefficient (Wildman–Crippen LogP) is 3.79. The highest BCUT2D eigenvalue weighted by Crippen LogP contribution is 2.29. The molecule has 148 valence electrons. The third-order valence-corrected chi connectivity index (χ3v) is 3.89. The average molecular weight is 400 g/mol. The molecule has 0 bridgehead atoms. The number of nitrogens with zero attached hydrogens (tertiary/aromatic N) is 4.